The van der Waals surface area contributed by atoms with Gasteiger partial charge in [-0.05, 0) is 36.3 Å². The van der Waals surface area contributed by atoms with Gasteiger partial charge in [-0.25, -0.2) is 4.79 Å². The van der Waals surface area contributed by atoms with Crippen LogP contribution in [0.4, 0.5) is 0 Å². The zero-order valence-corrected chi connectivity index (χ0v) is 20.5. The second kappa shape index (κ2) is 9.89. The third-order valence-electron chi connectivity index (χ3n) is 8.66. The lowest BCUT2D eigenvalue weighted by atomic mass is 9.73. The maximum atomic E-state index is 13.7. The fourth-order valence-corrected chi connectivity index (χ4v) is 7.42. The van der Waals surface area contributed by atoms with Crippen molar-refractivity contribution in [2.24, 2.45) is 11.8 Å². The minimum atomic E-state index is -1.53. The number of aryl methyl sites for hydroxylation is 1. The highest BCUT2D eigenvalue weighted by molar-refractivity contribution is 7.09. The van der Waals surface area contributed by atoms with Crippen molar-refractivity contribution in [1.29, 1.82) is 0 Å². The number of aliphatic hydroxyl groups is 1. The molecule has 1 saturated carbocycles. The fraction of sp³-hybridized carbons (Fsp3) is 0.607. The molecule has 2 bridgehead atoms. The van der Waals surface area contributed by atoms with Crippen molar-refractivity contribution in [1.82, 2.24) is 0 Å². The normalized spacial score (nSPS) is 29.5. The van der Waals surface area contributed by atoms with E-state index in [1.165, 1.54) is 30.8 Å². The van der Waals surface area contributed by atoms with Crippen LogP contribution in [0.15, 0.2) is 47.8 Å². The zero-order chi connectivity index (χ0) is 22.7. The zero-order valence-electron chi connectivity index (χ0n) is 19.7. The molecule has 4 nitrogen and oxygen atoms in total. The van der Waals surface area contributed by atoms with E-state index >= 15 is 0 Å². The van der Waals surface area contributed by atoms with E-state index in [1.54, 1.807) is 0 Å². The van der Waals surface area contributed by atoms with E-state index in [4.69, 9.17) is 4.74 Å². The Morgan fingerprint density at radius 1 is 1.03 bits per heavy atom. The molecule has 6 rings (SSSR count). The summed E-state index contributed by atoms with van der Waals surface area (Å²) < 4.78 is 7.35. The fourth-order valence-electron chi connectivity index (χ4n) is 6.67. The number of piperidine rings is 3. The van der Waals surface area contributed by atoms with Crippen LogP contribution in [0.25, 0.3) is 0 Å². The number of quaternary nitrogens is 1. The molecule has 1 aromatic heterocycles. The number of rotatable bonds is 8. The summed E-state index contributed by atoms with van der Waals surface area (Å²) in [7, 11) is 0. The minimum absolute atomic E-state index is 0.0591. The summed E-state index contributed by atoms with van der Waals surface area (Å²) in [6, 6.07) is 13.9. The molecule has 0 radical (unpaired) electrons. The van der Waals surface area contributed by atoms with E-state index in [0.717, 1.165) is 62.5 Å². The summed E-state index contributed by atoms with van der Waals surface area (Å²) in [5.41, 5.74) is -0.833. The molecule has 1 aromatic carbocycles. The summed E-state index contributed by atoms with van der Waals surface area (Å²) in [5.74, 6) is -0.0233. The van der Waals surface area contributed by atoms with E-state index < -0.39 is 11.6 Å². The van der Waals surface area contributed by atoms with Crippen LogP contribution in [-0.2, 0) is 21.6 Å². The Balaban J connectivity index is 1.29. The first-order valence-electron chi connectivity index (χ1n) is 13.0. The van der Waals surface area contributed by atoms with Crippen molar-refractivity contribution < 1.29 is 19.1 Å². The highest BCUT2D eigenvalue weighted by Crippen LogP contribution is 2.42. The van der Waals surface area contributed by atoms with Crippen LogP contribution in [0.2, 0.25) is 0 Å². The lowest BCUT2D eigenvalue weighted by Crippen LogP contribution is -2.65. The summed E-state index contributed by atoms with van der Waals surface area (Å²) in [6.45, 7) is 4.48. The first-order chi connectivity index (χ1) is 16.1. The number of ether oxygens (including phenoxy) is 1. The maximum absolute atomic E-state index is 13.7. The Morgan fingerprint density at radius 3 is 2.48 bits per heavy atom. The average Bonchev–Trinajstić information content (AvgIpc) is 3.39. The molecule has 3 saturated heterocycles. The Bertz CT molecular complexity index is 900. The van der Waals surface area contributed by atoms with Crippen molar-refractivity contribution in [3.05, 3.63) is 58.3 Å². The molecule has 33 heavy (non-hydrogen) atoms. The van der Waals surface area contributed by atoms with Crippen LogP contribution in [0, 0.1) is 11.8 Å². The van der Waals surface area contributed by atoms with E-state index in [9.17, 15) is 9.90 Å². The maximum Gasteiger partial charge on any atom is 0.343 e. The van der Waals surface area contributed by atoms with E-state index in [2.05, 4.69) is 17.5 Å². The summed E-state index contributed by atoms with van der Waals surface area (Å²) in [4.78, 5) is 15.2. The SMILES string of the molecule is O=C(O[C@H]1C[N+]2(CCCc3cccs3)CCC1CC2)[C@@](O)(c1ccccc1)C1CCCCC1. The topological polar surface area (TPSA) is 46.5 Å². The monoisotopic (exact) mass is 468 g/mol. The highest BCUT2D eigenvalue weighted by atomic mass is 32.1. The van der Waals surface area contributed by atoms with Crippen LogP contribution in [0.5, 0.6) is 0 Å². The number of thiophene rings is 1. The molecule has 4 fully saturated rings. The number of nitrogens with zero attached hydrogens (tertiary/aromatic N) is 1. The van der Waals surface area contributed by atoms with Gasteiger partial charge in [0.15, 0.2) is 11.7 Å². The molecule has 0 spiro atoms. The van der Waals surface area contributed by atoms with E-state index in [0.29, 0.717) is 11.5 Å². The van der Waals surface area contributed by atoms with Crippen LogP contribution in [-0.4, -0.2) is 47.8 Å². The number of hydrogen-bond acceptors (Lipinski definition) is 4. The van der Waals surface area contributed by atoms with Crippen LogP contribution >= 0.6 is 11.3 Å². The van der Waals surface area contributed by atoms with Crippen LogP contribution in [0.1, 0.15) is 61.8 Å². The Kier molecular flexibility index (Phi) is 6.91. The van der Waals surface area contributed by atoms with E-state index in [-0.39, 0.29) is 12.0 Å². The predicted molar refractivity (Wildman–Crippen MR) is 132 cm³/mol. The Labute approximate surface area is 202 Å². The van der Waals surface area contributed by atoms with E-state index in [1.807, 2.05) is 41.7 Å². The van der Waals surface area contributed by atoms with Gasteiger partial charge in [-0.2, -0.15) is 0 Å². The third kappa shape index (κ3) is 4.78. The number of fused-ring (bicyclic) bond motifs is 3. The molecule has 1 N–H and O–H groups in total. The van der Waals surface area contributed by atoms with Gasteiger partial charge in [0.25, 0.3) is 0 Å². The molecule has 3 aliphatic heterocycles. The highest BCUT2D eigenvalue weighted by Gasteiger charge is 2.52. The molecule has 2 atom stereocenters. The van der Waals surface area contributed by atoms with Gasteiger partial charge in [-0.3, -0.25) is 0 Å². The first-order valence-corrected chi connectivity index (χ1v) is 13.8. The van der Waals surface area contributed by atoms with Gasteiger partial charge in [0.1, 0.15) is 6.54 Å². The van der Waals surface area contributed by atoms with Gasteiger partial charge in [0.2, 0.25) is 0 Å². The van der Waals surface area contributed by atoms with Gasteiger partial charge in [-0.1, -0.05) is 55.7 Å². The first kappa shape index (κ1) is 23.1. The second-order valence-electron chi connectivity index (χ2n) is 10.6. The number of hydrogen-bond donors (Lipinski definition) is 1. The molecular formula is C28H38NO3S+. The molecule has 178 valence electrons. The summed E-state index contributed by atoms with van der Waals surface area (Å²) in [6.07, 6.45) is 9.62. The molecule has 2 aromatic rings. The second-order valence-corrected chi connectivity index (χ2v) is 11.7. The average molecular weight is 469 g/mol. The minimum Gasteiger partial charge on any atom is -0.454 e. The number of benzene rings is 1. The van der Waals surface area contributed by atoms with Crippen LogP contribution < -0.4 is 0 Å². The van der Waals surface area contributed by atoms with Crippen molar-refractivity contribution >= 4 is 17.3 Å². The summed E-state index contributed by atoms with van der Waals surface area (Å²) >= 11 is 1.84. The number of carbonyl (C=O) groups is 1. The van der Waals surface area contributed by atoms with Crippen LogP contribution in [0.3, 0.4) is 0 Å². The Hall–Kier alpha value is -1.69. The lowest BCUT2D eigenvalue weighted by molar-refractivity contribution is -0.946. The predicted octanol–water partition coefficient (Wildman–Crippen LogP) is 5.30. The smallest absolute Gasteiger partial charge is 0.343 e. The molecule has 0 unspecified atom stereocenters. The Morgan fingerprint density at radius 2 is 1.79 bits per heavy atom. The van der Waals surface area contributed by atoms with Gasteiger partial charge >= 0.3 is 5.97 Å². The van der Waals surface area contributed by atoms with Gasteiger partial charge < -0.3 is 14.3 Å². The van der Waals surface area contributed by atoms with Gasteiger partial charge in [-0.15, -0.1) is 11.3 Å². The molecule has 4 aliphatic rings. The number of carbonyl (C=O) groups excluding carboxylic acids is 1. The van der Waals surface area contributed by atoms with Crippen molar-refractivity contribution in [3.63, 3.8) is 0 Å². The molecule has 0 amide bonds. The molecule has 4 heterocycles. The molecule has 5 heteroatoms. The van der Waals surface area contributed by atoms with Gasteiger partial charge in [0, 0.05) is 36.0 Å². The number of esters is 1. The molecular weight excluding hydrogens is 430 g/mol. The molecule has 1 aliphatic carbocycles. The van der Waals surface area contributed by atoms with Gasteiger partial charge in [0.05, 0.1) is 19.6 Å². The largest absolute Gasteiger partial charge is 0.454 e. The van der Waals surface area contributed by atoms with Crippen molar-refractivity contribution in [3.8, 4) is 0 Å². The lowest BCUT2D eigenvalue weighted by Gasteiger charge is -2.52. The third-order valence-corrected chi connectivity index (χ3v) is 9.59. The quantitative estimate of drug-likeness (QED) is 0.422. The van der Waals surface area contributed by atoms with Crippen molar-refractivity contribution in [2.45, 2.75) is 69.5 Å². The summed E-state index contributed by atoms with van der Waals surface area (Å²) in [5, 5.41) is 14.1. The standard InChI is InChI=1S/C28H38NO3S/c30-27(28(31,23-9-3-1-4-10-23)24-11-5-2-6-12-24)32-26-21-29(18-15-22(26)16-19-29)17-7-13-25-14-8-20-33-25/h1,3-4,8-10,14,20,22,24,26,31H,2,5-7,11-13,15-19,21H2/q+1/t22?,26-,28+,29?/m0/s1. The van der Waals surface area contributed by atoms with Crippen molar-refractivity contribution in [2.75, 3.05) is 26.2 Å².